The largest absolute Gasteiger partial charge is 0.354 e. The third-order valence-electron chi connectivity index (χ3n) is 4.99. The van der Waals surface area contributed by atoms with E-state index in [1.165, 1.54) is 10.1 Å². The van der Waals surface area contributed by atoms with E-state index in [9.17, 15) is 14.4 Å². The van der Waals surface area contributed by atoms with E-state index < -0.39 is 0 Å². The molecule has 0 unspecified atom stereocenters. The molecule has 1 heterocycles. The minimum Gasteiger partial charge on any atom is -0.354 e. The second-order valence-electron chi connectivity index (χ2n) is 7.43. The van der Waals surface area contributed by atoms with Gasteiger partial charge in [-0.3, -0.25) is 14.4 Å². The lowest BCUT2D eigenvalue weighted by atomic mass is 10.1. The predicted octanol–water partition coefficient (Wildman–Crippen LogP) is 2.65. The van der Waals surface area contributed by atoms with E-state index in [1.807, 2.05) is 43.3 Å². The fourth-order valence-corrected chi connectivity index (χ4v) is 3.33. The van der Waals surface area contributed by atoms with Crippen molar-refractivity contribution < 1.29 is 9.59 Å². The van der Waals surface area contributed by atoms with Crippen LogP contribution in [0.4, 0.5) is 0 Å². The molecule has 3 aromatic rings. The summed E-state index contributed by atoms with van der Waals surface area (Å²) < 4.78 is 1.38. The van der Waals surface area contributed by atoms with Gasteiger partial charge in [0.25, 0.3) is 5.56 Å². The molecule has 2 aromatic carbocycles. The Balaban J connectivity index is 1.39. The van der Waals surface area contributed by atoms with Crippen LogP contribution in [-0.2, 0) is 22.6 Å². The van der Waals surface area contributed by atoms with E-state index in [1.54, 1.807) is 18.3 Å². The molecule has 0 saturated carbocycles. The minimum absolute atomic E-state index is 0.0598. The summed E-state index contributed by atoms with van der Waals surface area (Å²) in [7, 11) is 0. The van der Waals surface area contributed by atoms with Crippen LogP contribution in [0.15, 0.2) is 71.7 Å². The van der Waals surface area contributed by atoms with Crippen LogP contribution >= 0.6 is 0 Å². The molecule has 6 heteroatoms. The first-order valence-corrected chi connectivity index (χ1v) is 10.2. The average molecular weight is 405 g/mol. The normalized spacial score (nSPS) is 11.8. The van der Waals surface area contributed by atoms with Gasteiger partial charge >= 0.3 is 0 Å². The second kappa shape index (κ2) is 10.4. The number of aryl methyl sites for hydroxylation is 1. The van der Waals surface area contributed by atoms with E-state index >= 15 is 0 Å². The predicted molar refractivity (Wildman–Crippen MR) is 118 cm³/mol. The summed E-state index contributed by atoms with van der Waals surface area (Å²) in [5.41, 5.74) is 1.04. The van der Waals surface area contributed by atoms with E-state index in [-0.39, 0.29) is 42.9 Å². The van der Waals surface area contributed by atoms with Gasteiger partial charge in [0, 0.05) is 30.6 Å². The molecule has 1 atom stereocenters. The summed E-state index contributed by atoms with van der Waals surface area (Å²) in [5, 5.41) is 7.09. The lowest BCUT2D eigenvalue weighted by Gasteiger charge is -2.14. The van der Waals surface area contributed by atoms with Crippen molar-refractivity contribution in [3.05, 3.63) is 82.8 Å². The first kappa shape index (κ1) is 21.3. The molecular formula is C24H27N3O3. The highest BCUT2D eigenvalue weighted by Crippen LogP contribution is 2.08. The van der Waals surface area contributed by atoms with Crippen LogP contribution in [0.5, 0.6) is 0 Å². The number of amides is 2. The van der Waals surface area contributed by atoms with Gasteiger partial charge in [0.1, 0.15) is 6.54 Å². The van der Waals surface area contributed by atoms with Crippen LogP contribution in [0.1, 0.15) is 25.3 Å². The number of benzene rings is 2. The van der Waals surface area contributed by atoms with E-state index in [2.05, 4.69) is 22.8 Å². The van der Waals surface area contributed by atoms with Gasteiger partial charge < -0.3 is 15.2 Å². The van der Waals surface area contributed by atoms with Crippen LogP contribution in [0.3, 0.4) is 0 Å². The van der Waals surface area contributed by atoms with Crippen molar-refractivity contribution in [1.29, 1.82) is 0 Å². The molecule has 156 valence electrons. The molecule has 0 aliphatic heterocycles. The van der Waals surface area contributed by atoms with Crippen molar-refractivity contribution in [2.45, 2.75) is 38.8 Å². The van der Waals surface area contributed by atoms with Gasteiger partial charge in [0.05, 0.1) is 0 Å². The Labute approximate surface area is 175 Å². The van der Waals surface area contributed by atoms with Crippen LogP contribution in [-0.4, -0.2) is 29.0 Å². The highest BCUT2D eigenvalue weighted by molar-refractivity contribution is 5.82. The lowest BCUT2D eigenvalue weighted by Crippen LogP contribution is -2.37. The van der Waals surface area contributed by atoms with Gasteiger partial charge in [-0.05, 0) is 42.8 Å². The van der Waals surface area contributed by atoms with Crippen molar-refractivity contribution in [3.8, 4) is 0 Å². The number of fused-ring (bicyclic) bond motifs is 1. The molecule has 1 aromatic heterocycles. The zero-order valence-corrected chi connectivity index (χ0v) is 17.1. The number of rotatable bonds is 9. The molecule has 0 radical (unpaired) electrons. The smallest absolute Gasteiger partial charge is 0.258 e. The van der Waals surface area contributed by atoms with Crippen LogP contribution in [0, 0.1) is 0 Å². The van der Waals surface area contributed by atoms with Crippen molar-refractivity contribution in [2.75, 3.05) is 6.54 Å². The maximum atomic E-state index is 12.5. The summed E-state index contributed by atoms with van der Waals surface area (Å²) in [4.78, 5) is 36.7. The topological polar surface area (TPSA) is 80.2 Å². The number of hydrogen-bond acceptors (Lipinski definition) is 3. The number of carbonyl (C=O) groups is 2. The molecule has 0 spiro atoms. The zero-order valence-electron chi connectivity index (χ0n) is 17.1. The van der Waals surface area contributed by atoms with Crippen LogP contribution < -0.4 is 16.2 Å². The quantitative estimate of drug-likeness (QED) is 0.574. The Morgan fingerprint density at radius 1 is 0.967 bits per heavy atom. The van der Waals surface area contributed by atoms with Crippen molar-refractivity contribution >= 4 is 22.6 Å². The highest BCUT2D eigenvalue weighted by atomic mass is 16.2. The highest BCUT2D eigenvalue weighted by Gasteiger charge is 2.10. The molecule has 3 rings (SSSR count). The Kier molecular flexibility index (Phi) is 7.38. The molecule has 0 fully saturated rings. The van der Waals surface area contributed by atoms with E-state index in [0.29, 0.717) is 5.39 Å². The monoisotopic (exact) mass is 405 g/mol. The third kappa shape index (κ3) is 6.04. The number of pyridine rings is 1. The van der Waals surface area contributed by atoms with Gasteiger partial charge in [0.15, 0.2) is 0 Å². The molecular weight excluding hydrogens is 378 g/mol. The van der Waals surface area contributed by atoms with Crippen molar-refractivity contribution in [3.63, 3.8) is 0 Å². The number of nitrogens with one attached hydrogen (secondary N) is 2. The standard InChI is InChI=1S/C24H27N3O3/c1-18(11-12-19-7-3-2-4-8-19)26-22(28)13-15-25-23(29)17-27-16-14-20-9-5-6-10-21(20)24(27)30/h2-10,14,16,18H,11-13,15,17H2,1H3,(H,25,29)(H,26,28)/t18-/m1/s1. The first-order chi connectivity index (χ1) is 14.5. The molecule has 2 amide bonds. The van der Waals surface area contributed by atoms with Crippen LogP contribution in [0.25, 0.3) is 10.8 Å². The molecule has 30 heavy (non-hydrogen) atoms. The van der Waals surface area contributed by atoms with E-state index in [0.717, 1.165) is 18.2 Å². The fraction of sp³-hybridized carbons (Fsp3) is 0.292. The first-order valence-electron chi connectivity index (χ1n) is 10.2. The van der Waals surface area contributed by atoms with Crippen molar-refractivity contribution in [1.82, 2.24) is 15.2 Å². The Bertz CT molecular complexity index is 1060. The van der Waals surface area contributed by atoms with Gasteiger partial charge in [-0.15, -0.1) is 0 Å². The fourth-order valence-electron chi connectivity index (χ4n) is 3.33. The number of carbonyl (C=O) groups excluding carboxylic acids is 2. The van der Waals surface area contributed by atoms with Gasteiger partial charge in [-0.1, -0.05) is 48.5 Å². The number of hydrogen-bond donors (Lipinski definition) is 2. The zero-order chi connectivity index (χ0) is 21.3. The molecule has 0 aliphatic carbocycles. The van der Waals surface area contributed by atoms with E-state index in [4.69, 9.17) is 0 Å². The summed E-state index contributed by atoms with van der Waals surface area (Å²) in [5.74, 6) is -0.393. The second-order valence-corrected chi connectivity index (χ2v) is 7.43. The Hall–Kier alpha value is -3.41. The average Bonchev–Trinajstić information content (AvgIpc) is 2.75. The molecule has 2 N–H and O–H groups in total. The molecule has 0 aliphatic rings. The number of nitrogens with zero attached hydrogens (tertiary/aromatic N) is 1. The Morgan fingerprint density at radius 2 is 1.70 bits per heavy atom. The molecule has 0 bridgehead atoms. The number of aromatic nitrogens is 1. The van der Waals surface area contributed by atoms with Crippen LogP contribution in [0.2, 0.25) is 0 Å². The summed E-state index contributed by atoms with van der Waals surface area (Å²) in [6, 6.07) is 19.3. The maximum Gasteiger partial charge on any atom is 0.258 e. The summed E-state index contributed by atoms with van der Waals surface area (Å²) in [6.45, 7) is 2.14. The minimum atomic E-state index is -0.294. The van der Waals surface area contributed by atoms with Gasteiger partial charge in [-0.2, -0.15) is 0 Å². The summed E-state index contributed by atoms with van der Waals surface area (Å²) in [6.07, 6.45) is 3.58. The van der Waals surface area contributed by atoms with Gasteiger partial charge in [0.2, 0.25) is 11.8 Å². The summed E-state index contributed by atoms with van der Waals surface area (Å²) >= 11 is 0. The van der Waals surface area contributed by atoms with Gasteiger partial charge in [-0.25, -0.2) is 0 Å². The Morgan fingerprint density at radius 3 is 2.50 bits per heavy atom. The SMILES string of the molecule is C[C@H](CCc1ccccc1)NC(=O)CCNC(=O)Cn1ccc2ccccc2c1=O. The molecule has 0 saturated heterocycles. The lowest BCUT2D eigenvalue weighted by molar-refractivity contribution is -0.123. The maximum absolute atomic E-state index is 12.5. The molecule has 6 nitrogen and oxygen atoms in total. The van der Waals surface area contributed by atoms with Crippen molar-refractivity contribution in [2.24, 2.45) is 0 Å². The third-order valence-corrected chi connectivity index (χ3v) is 4.99.